The Labute approximate surface area is 112 Å². The number of hydrogen-bond donors (Lipinski definition) is 2. The van der Waals surface area contributed by atoms with E-state index in [1.807, 2.05) is 49.2 Å². The van der Waals surface area contributed by atoms with Gasteiger partial charge >= 0.3 is 0 Å². The van der Waals surface area contributed by atoms with Crippen LogP contribution < -0.4 is 20.9 Å². The number of rotatable bonds is 4. The van der Waals surface area contributed by atoms with E-state index < -0.39 is 0 Å². The molecule has 1 aromatic carbocycles. The second kappa shape index (κ2) is 5.53. The minimum absolute atomic E-state index is 0.386. The number of nitrogens with one attached hydrogen (secondary N) is 1. The third-order valence-electron chi connectivity index (χ3n) is 2.76. The molecule has 1 heterocycles. The van der Waals surface area contributed by atoms with Crippen molar-refractivity contribution in [1.82, 2.24) is 9.97 Å². The Morgan fingerprint density at radius 3 is 2.68 bits per heavy atom. The maximum absolute atomic E-state index is 5.36. The van der Waals surface area contributed by atoms with E-state index in [-0.39, 0.29) is 0 Å². The van der Waals surface area contributed by atoms with E-state index in [0.29, 0.717) is 5.95 Å². The summed E-state index contributed by atoms with van der Waals surface area (Å²) in [6.07, 6.45) is 0. The Morgan fingerprint density at radius 2 is 2.00 bits per heavy atom. The summed E-state index contributed by atoms with van der Waals surface area (Å²) in [4.78, 5) is 10.4. The number of ether oxygens (including phenoxy) is 1. The molecular formula is C13H17N5O. The molecule has 2 aromatic rings. The smallest absolute Gasteiger partial charge is 0.239 e. The first-order chi connectivity index (χ1) is 9.15. The fourth-order valence-electron chi connectivity index (χ4n) is 1.82. The normalized spacial score (nSPS) is 10.1. The summed E-state index contributed by atoms with van der Waals surface area (Å²) in [5.41, 5.74) is 4.22. The average Bonchev–Trinajstić information content (AvgIpc) is 2.45. The number of nitrogens with two attached hydrogens (primary N) is 1. The van der Waals surface area contributed by atoms with Crippen LogP contribution in [0.25, 0.3) is 0 Å². The highest BCUT2D eigenvalue weighted by Gasteiger charge is 2.12. The van der Waals surface area contributed by atoms with Crippen molar-refractivity contribution in [3.63, 3.8) is 0 Å². The van der Waals surface area contributed by atoms with Gasteiger partial charge in [-0.1, -0.05) is 12.1 Å². The van der Waals surface area contributed by atoms with Gasteiger partial charge in [-0.3, -0.25) is 5.43 Å². The molecule has 0 saturated carbocycles. The van der Waals surface area contributed by atoms with Gasteiger partial charge in [0.15, 0.2) is 0 Å². The number of hydrogen-bond acceptors (Lipinski definition) is 6. The number of aryl methyl sites for hydroxylation is 1. The van der Waals surface area contributed by atoms with E-state index in [2.05, 4.69) is 15.4 Å². The summed E-state index contributed by atoms with van der Waals surface area (Å²) in [7, 11) is 3.56. The SMILES string of the molecule is COc1ccccc1N(C)c1cc(C)nc(NN)n1. The van der Waals surface area contributed by atoms with Gasteiger partial charge < -0.3 is 9.64 Å². The summed E-state index contributed by atoms with van der Waals surface area (Å²) in [6.45, 7) is 1.89. The molecule has 0 radical (unpaired) electrons. The minimum atomic E-state index is 0.386. The van der Waals surface area contributed by atoms with Crippen LogP contribution >= 0.6 is 0 Å². The van der Waals surface area contributed by atoms with Gasteiger partial charge in [0.1, 0.15) is 11.6 Å². The molecule has 6 heteroatoms. The van der Waals surface area contributed by atoms with Gasteiger partial charge in [0, 0.05) is 18.8 Å². The third-order valence-corrected chi connectivity index (χ3v) is 2.76. The maximum atomic E-state index is 5.36. The molecule has 2 rings (SSSR count). The van der Waals surface area contributed by atoms with Gasteiger partial charge in [-0.25, -0.2) is 10.8 Å². The predicted octanol–water partition coefficient (Wildman–Crippen LogP) is 1.85. The Balaban J connectivity index is 2.43. The zero-order valence-corrected chi connectivity index (χ0v) is 11.2. The Bertz CT molecular complexity index is 573. The molecule has 0 atom stereocenters. The van der Waals surface area contributed by atoms with Crippen LogP contribution in [-0.4, -0.2) is 24.1 Å². The van der Waals surface area contributed by atoms with Crippen molar-refractivity contribution in [3.05, 3.63) is 36.0 Å². The standard InChI is InChI=1S/C13H17N5O/c1-9-8-12(16-13(15-9)17-14)18(2)10-6-4-5-7-11(10)19-3/h4-8H,14H2,1-3H3,(H,15,16,17). The number of hydrazine groups is 1. The summed E-state index contributed by atoms with van der Waals surface area (Å²) in [5, 5.41) is 0. The zero-order chi connectivity index (χ0) is 13.8. The molecule has 1 aromatic heterocycles. The lowest BCUT2D eigenvalue weighted by Gasteiger charge is -2.21. The molecule has 0 spiro atoms. The zero-order valence-electron chi connectivity index (χ0n) is 11.2. The van der Waals surface area contributed by atoms with Crippen molar-refractivity contribution < 1.29 is 4.74 Å². The van der Waals surface area contributed by atoms with Crippen molar-refractivity contribution in [2.45, 2.75) is 6.92 Å². The fourth-order valence-corrected chi connectivity index (χ4v) is 1.82. The first-order valence-corrected chi connectivity index (χ1v) is 5.84. The molecule has 3 N–H and O–H groups in total. The van der Waals surface area contributed by atoms with Crippen molar-refractivity contribution in [2.24, 2.45) is 5.84 Å². The lowest BCUT2D eigenvalue weighted by Crippen LogP contribution is -2.16. The molecule has 0 bridgehead atoms. The Kier molecular flexibility index (Phi) is 3.82. The largest absolute Gasteiger partial charge is 0.495 e. The molecule has 100 valence electrons. The number of anilines is 3. The highest BCUT2D eigenvalue weighted by molar-refractivity contribution is 5.67. The van der Waals surface area contributed by atoms with Crippen LogP contribution in [0, 0.1) is 6.92 Å². The lowest BCUT2D eigenvalue weighted by molar-refractivity contribution is 0.415. The van der Waals surface area contributed by atoms with Crippen LogP contribution in [0.1, 0.15) is 5.69 Å². The summed E-state index contributed by atoms with van der Waals surface area (Å²) < 4.78 is 5.35. The number of benzene rings is 1. The monoisotopic (exact) mass is 259 g/mol. The summed E-state index contributed by atoms with van der Waals surface area (Å²) in [5.74, 6) is 7.27. The van der Waals surface area contributed by atoms with Crippen LogP contribution in [0.2, 0.25) is 0 Å². The van der Waals surface area contributed by atoms with Crippen molar-refractivity contribution in [3.8, 4) is 5.75 Å². The van der Waals surface area contributed by atoms with Gasteiger partial charge in [-0.2, -0.15) is 4.98 Å². The molecule has 0 amide bonds. The molecule has 6 nitrogen and oxygen atoms in total. The number of nitrogen functional groups attached to an aromatic ring is 1. The van der Waals surface area contributed by atoms with Crippen molar-refractivity contribution in [2.75, 3.05) is 24.5 Å². The highest BCUT2D eigenvalue weighted by Crippen LogP contribution is 2.31. The number of aromatic nitrogens is 2. The van der Waals surface area contributed by atoms with Crippen LogP contribution in [-0.2, 0) is 0 Å². The molecule has 0 aliphatic carbocycles. The summed E-state index contributed by atoms with van der Waals surface area (Å²) in [6, 6.07) is 9.62. The molecule has 0 aliphatic heterocycles. The third kappa shape index (κ3) is 2.74. The first kappa shape index (κ1) is 13.1. The van der Waals surface area contributed by atoms with E-state index >= 15 is 0 Å². The van der Waals surface area contributed by atoms with E-state index in [1.165, 1.54) is 0 Å². The number of methoxy groups -OCH3 is 1. The molecule has 0 unspecified atom stereocenters. The maximum Gasteiger partial charge on any atom is 0.239 e. The lowest BCUT2D eigenvalue weighted by atomic mass is 10.2. The van der Waals surface area contributed by atoms with E-state index in [4.69, 9.17) is 10.6 Å². The van der Waals surface area contributed by atoms with Crippen LogP contribution in [0.3, 0.4) is 0 Å². The van der Waals surface area contributed by atoms with Gasteiger partial charge in [0.25, 0.3) is 0 Å². The quantitative estimate of drug-likeness (QED) is 0.644. The fraction of sp³-hybridized carbons (Fsp3) is 0.231. The highest BCUT2D eigenvalue weighted by atomic mass is 16.5. The summed E-state index contributed by atoms with van der Waals surface area (Å²) >= 11 is 0. The molecule has 0 fully saturated rings. The second-order valence-electron chi connectivity index (χ2n) is 4.07. The average molecular weight is 259 g/mol. The van der Waals surface area contributed by atoms with Gasteiger partial charge in [-0.15, -0.1) is 0 Å². The van der Waals surface area contributed by atoms with Crippen LogP contribution in [0.5, 0.6) is 5.75 Å². The van der Waals surface area contributed by atoms with Gasteiger partial charge in [-0.05, 0) is 19.1 Å². The van der Waals surface area contributed by atoms with Crippen molar-refractivity contribution in [1.29, 1.82) is 0 Å². The van der Waals surface area contributed by atoms with Crippen LogP contribution in [0.15, 0.2) is 30.3 Å². The minimum Gasteiger partial charge on any atom is -0.495 e. The molecule has 19 heavy (non-hydrogen) atoms. The predicted molar refractivity (Wildman–Crippen MR) is 75.6 cm³/mol. The number of nitrogens with zero attached hydrogens (tertiary/aromatic N) is 3. The topological polar surface area (TPSA) is 76.3 Å². The van der Waals surface area contributed by atoms with Crippen molar-refractivity contribution >= 4 is 17.5 Å². The first-order valence-electron chi connectivity index (χ1n) is 5.84. The molecule has 0 saturated heterocycles. The molecule has 0 aliphatic rings. The van der Waals surface area contributed by atoms with Crippen LogP contribution in [0.4, 0.5) is 17.5 Å². The Hall–Kier alpha value is -2.34. The Morgan fingerprint density at radius 1 is 1.26 bits per heavy atom. The second-order valence-corrected chi connectivity index (χ2v) is 4.07. The van der Waals surface area contributed by atoms with E-state index in [1.54, 1.807) is 7.11 Å². The van der Waals surface area contributed by atoms with Gasteiger partial charge in [0.05, 0.1) is 12.8 Å². The van der Waals surface area contributed by atoms with Gasteiger partial charge in [0.2, 0.25) is 5.95 Å². The molecular weight excluding hydrogens is 242 g/mol. The number of para-hydroxylation sites is 2. The van der Waals surface area contributed by atoms with E-state index in [9.17, 15) is 0 Å². The van der Waals surface area contributed by atoms with E-state index in [0.717, 1.165) is 22.9 Å².